The number of aryl methyl sites for hydroxylation is 2. The lowest BCUT2D eigenvalue weighted by atomic mass is 9.85. The molecule has 2 saturated carbocycles. The molecule has 1 atom stereocenters. The number of aliphatic carboxylic acids is 1. The second-order valence-electron chi connectivity index (χ2n) is 10.4. The van der Waals surface area contributed by atoms with Gasteiger partial charge >= 0.3 is 5.97 Å². The molecule has 1 aromatic carbocycles. The number of pyridine rings is 1. The molecule has 35 heavy (non-hydrogen) atoms. The van der Waals surface area contributed by atoms with E-state index < -0.39 is 12.0 Å². The number of carbonyl (C=O) groups is 1. The van der Waals surface area contributed by atoms with Gasteiger partial charge in [-0.3, -0.25) is 9.69 Å². The molecule has 1 unspecified atom stereocenters. The van der Waals surface area contributed by atoms with Gasteiger partial charge in [0.2, 0.25) is 0 Å². The van der Waals surface area contributed by atoms with Crippen molar-refractivity contribution in [3.05, 3.63) is 58.5 Å². The number of anilines is 1. The van der Waals surface area contributed by atoms with Gasteiger partial charge in [-0.15, -0.1) is 0 Å². The Balaban J connectivity index is 1.07. The van der Waals surface area contributed by atoms with Crippen molar-refractivity contribution < 1.29 is 19.0 Å². The van der Waals surface area contributed by atoms with Crippen LogP contribution in [0.4, 0.5) is 10.2 Å². The summed E-state index contributed by atoms with van der Waals surface area (Å²) < 4.78 is 20.1. The van der Waals surface area contributed by atoms with E-state index >= 15 is 0 Å². The first-order valence-electron chi connectivity index (χ1n) is 13.1. The quantitative estimate of drug-likeness (QED) is 0.436. The largest absolute Gasteiger partial charge is 0.480 e. The Morgan fingerprint density at radius 2 is 2.09 bits per heavy atom. The predicted molar refractivity (Wildman–Crippen MR) is 133 cm³/mol. The van der Waals surface area contributed by atoms with Gasteiger partial charge in [0.25, 0.3) is 0 Å². The minimum Gasteiger partial charge on any atom is -0.480 e. The molecule has 2 heterocycles. The van der Waals surface area contributed by atoms with Crippen molar-refractivity contribution >= 4 is 11.8 Å². The average Bonchev–Trinajstić information content (AvgIpc) is 3.65. The highest BCUT2D eigenvalue weighted by molar-refractivity contribution is 5.76. The lowest BCUT2D eigenvalue weighted by molar-refractivity contribution is -0.146. The normalized spacial score (nSPS) is 22.3. The van der Waals surface area contributed by atoms with Gasteiger partial charge in [0.05, 0.1) is 6.10 Å². The van der Waals surface area contributed by atoms with Crippen LogP contribution in [-0.2, 0) is 22.4 Å². The number of nitrogens with zero attached hydrogens (tertiary/aromatic N) is 2. The molecule has 2 aromatic rings. The summed E-state index contributed by atoms with van der Waals surface area (Å²) in [4.78, 5) is 18.9. The predicted octanol–water partition coefficient (Wildman–Crippen LogP) is 5.08. The molecule has 0 spiro atoms. The summed E-state index contributed by atoms with van der Waals surface area (Å²) in [7, 11) is 1.85. The van der Waals surface area contributed by atoms with Gasteiger partial charge in [-0.2, -0.15) is 0 Å². The molecule has 0 bridgehead atoms. The Hall–Kier alpha value is -2.51. The van der Waals surface area contributed by atoms with Gasteiger partial charge in [0.1, 0.15) is 17.7 Å². The second kappa shape index (κ2) is 10.6. The van der Waals surface area contributed by atoms with Crippen LogP contribution < -0.4 is 5.32 Å². The molecule has 0 amide bonds. The standard InChI is InChI=1S/C28H36FN3O3/c1-32(26(28(33)34)25-15-20(29)10-12-24(25)18-7-8-18)22-16-23(17-22)35-14-3-2-6-21-11-9-19-5-4-13-30-27(19)31-21/h9-12,15,18,22-23,26H,2-8,13-14,16-17H2,1H3,(H,30,31)(H,33,34). The van der Waals surface area contributed by atoms with Crippen molar-refractivity contribution in [2.24, 2.45) is 0 Å². The average molecular weight is 482 g/mol. The lowest BCUT2D eigenvalue weighted by Gasteiger charge is -2.43. The Labute approximate surface area is 206 Å². The summed E-state index contributed by atoms with van der Waals surface area (Å²) in [5, 5.41) is 13.4. The minimum atomic E-state index is -0.921. The molecule has 6 nitrogen and oxygen atoms in total. The van der Waals surface area contributed by atoms with Crippen LogP contribution in [0.25, 0.3) is 0 Å². The van der Waals surface area contributed by atoms with E-state index in [1.54, 1.807) is 6.07 Å². The summed E-state index contributed by atoms with van der Waals surface area (Å²) in [5.41, 5.74) is 4.05. The first-order valence-corrected chi connectivity index (χ1v) is 13.1. The Kier molecular flexibility index (Phi) is 7.35. The fourth-order valence-corrected chi connectivity index (χ4v) is 5.46. The molecule has 1 aromatic heterocycles. The smallest absolute Gasteiger partial charge is 0.325 e. The maximum absolute atomic E-state index is 14.0. The zero-order chi connectivity index (χ0) is 24.4. The van der Waals surface area contributed by atoms with Crippen LogP contribution in [0.2, 0.25) is 0 Å². The van der Waals surface area contributed by atoms with Gasteiger partial charge < -0.3 is 15.2 Å². The number of halogens is 1. The monoisotopic (exact) mass is 481 g/mol. The summed E-state index contributed by atoms with van der Waals surface area (Å²) in [6.07, 6.45) is 9.13. The van der Waals surface area contributed by atoms with Crippen LogP contribution in [0.5, 0.6) is 0 Å². The van der Waals surface area contributed by atoms with Crippen LogP contribution in [0, 0.1) is 5.82 Å². The highest BCUT2D eigenvalue weighted by atomic mass is 19.1. The van der Waals surface area contributed by atoms with E-state index in [2.05, 4.69) is 17.4 Å². The molecular weight excluding hydrogens is 445 g/mol. The molecule has 5 rings (SSSR count). The number of hydrogen-bond donors (Lipinski definition) is 2. The van der Waals surface area contributed by atoms with Gasteiger partial charge in [0.15, 0.2) is 0 Å². The number of unbranched alkanes of at least 4 members (excludes halogenated alkanes) is 1. The number of likely N-dealkylation sites (N-methyl/N-ethyl adjacent to an activating group) is 1. The van der Waals surface area contributed by atoms with E-state index in [1.165, 1.54) is 24.1 Å². The number of ether oxygens (including phenoxy) is 1. The number of carboxylic acids is 1. The lowest BCUT2D eigenvalue weighted by Crippen LogP contribution is -2.49. The number of aromatic nitrogens is 1. The van der Waals surface area contributed by atoms with Crippen LogP contribution in [-0.4, -0.2) is 53.3 Å². The molecule has 7 heteroatoms. The third-order valence-electron chi connectivity index (χ3n) is 7.78. The molecule has 2 aliphatic carbocycles. The first-order chi connectivity index (χ1) is 17.0. The highest BCUT2D eigenvalue weighted by Gasteiger charge is 2.40. The maximum Gasteiger partial charge on any atom is 0.325 e. The van der Waals surface area contributed by atoms with Gasteiger partial charge in [0, 0.05) is 24.9 Å². The SMILES string of the molecule is CN(C1CC(OCCCCc2ccc3c(n2)NCCC3)C1)C(C(=O)O)c1cc(F)ccc1C1CC1. The van der Waals surface area contributed by atoms with E-state index in [0.717, 1.165) is 75.0 Å². The van der Waals surface area contributed by atoms with Gasteiger partial charge in [-0.1, -0.05) is 12.1 Å². The number of rotatable bonds is 11. The van der Waals surface area contributed by atoms with Crippen molar-refractivity contribution in [1.29, 1.82) is 0 Å². The number of hydrogen-bond acceptors (Lipinski definition) is 5. The van der Waals surface area contributed by atoms with Crippen molar-refractivity contribution in [3.8, 4) is 0 Å². The minimum absolute atomic E-state index is 0.128. The Morgan fingerprint density at radius 1 is 1.26 bits per heavy atom. The third-order valence-corrected chi connectivity index (χ3v) is 7.78. The van der Waals surface area contributed by atoms with Crippen molar-refractivity contribution in [3.63, 3.8) is 0 Å². The zero-order valence-electron chi connectivity index (χ0n) is 20.5. The molecule has 3 aliphatic rings. The van der Waals surface area contributed by atoms with Crippen molar-refractivity contribution in [2.75, 3.05) is 25.5 Å². The first kappa shape index (κ1) is 24.2. The Morgan fingerprint density at radius 3 is 2.86 bits per heavy atom. The summed E-state index contributed by atoms with van der Waals surface area (Å²) in [6.45, 7) is 1.72. The van der Waals surface area contributed by atoms with E-state index in [-0.39, 0.29) is 18.0 Å². The number of nitrogens with one attached hydrogen (secondary N) is 1. The van der Waals surface area contributed by atoms with Crippen molar-refractivity contribution in [1.82, 2.24) is 9.88 Å². The van der Waals surface area contributed by atoms with E-state index in [0.29, 0.717) is 18.1 Å². The summed E-state index contributed by atoms with van der Waals surface area (Å²) in [5.74, 6) is 0.124. The molecule has 0 saturated heterocycles. The van der Waals surface area contributed by atoms with Crippen LogP contribution in [0.1, 0.15) is 79.3 Å². The Bertz CT molecular complexity index is 1050. The molecule has 0 radical (unpaired) electrons. The fraction of sp³-hybridized carbons (Fsp3) is 0.571. The van der Waals surface area contributed by atoms with E-state index in [4.69, 9.17) is 9.72 Å². The van der Waals surface area contributed by atoms with Crippen LogP contribution in [0.3, 0.4) is 0 Å². The van der Waals surface area contributed by atoms with Crippen molar-refractivity contribution in [2.45, 2.75) is 81.9 Å². The van der Waals surface area contributed by atoms with Crippen LogP contribution in [0.15, 0.2) is 30.3 Å². The molecular formula is C28H36FN3O3. The van der Waals surface area contributed by atoms with E-state index in [9.17, 15) is 14.3 Å². The number of benzene rings is 1. The summed E-state index contributed by atoms with van der Waals surface area (Å²) >= 11 is 0. The van der Waals surface area contributed by atoms with E-state index in [1.807, 2.05) is 11.9 Å². The zero-order valence-corrected chi connectivity index (χ0v) is 20.5. The number of fused-ring (bicyclic) bond motifs is 1. The third kappa shape index (κ3) is 5.67. The second-order valence-corrected chi connectivity index (χ2v) is 10.4. The van der Waals surface area contributed by atoms with Gasteiger partial charge in [-0.05, 0) is 106 Å². The topological polar surface area (TPSA) is 74.7 Å². The molecule has 1 aliphatic heterocycles. The highest BCUT2D eigenvalue weighted by Crippen LogP contribution is 2.45. The van der Waals surface area contributed by atoms with Gasteiger partial charge in [-0.25, -0.2) is 9.37 Å². The fourth-order valence-electron chi connectivity index (χ4n) is 5.46. The molecule has 188 valence electrons. The van der Waals surface area contributed by atoms with Crippen LogP contribution >= 0.6 is 0 Å². The number of carboxylic acid groups (broad SMARTS) is 1. The summed E-state index contributed by atoms with van der Waals surface area (Å²) in [6, 6.07) is 8.28. The molecule has 2 N–H and O–H groups in total. The maximum atomic E-state index is 14.0. The molecule has 2 fully saturated rings.